The summed E-state index contributed by atoms with van der Waals surface area (Å²) in [7, 11) is 0. The molecular formula is C13H12ClN5O2. The number of anilines is 2. The number of nitrogens with two attached hydrogens (primary N) is 2. The number of rotatable bonds is 3. The molecule has 21 heavy (non-hydrogen) atoms. The van der Waals surface area contributed by atoms with E-state index in [9.17, 15) is 10.4 Å². The Hall–Kier alpha value is -2.72. The van der Waals surface area contributed by atoms with E-state index in [-0.39, 0.29) is 39.5 Å². The maximum Gasteiger partial charge on any atom is 0.222 e. The van der Waals surface area contributed by atoms with Crippen LogP contribution in [0.4, 0.5) is 11.8 Å². The number of nitrogen functional groups attached to an aromatic ring is 2. The number of hydrogen-bond acceptors (Lipinski definition) is 7. The van der Waals surface area contributed by atoms with Crippen molar-refractivity contribution in [3.8, 4) is 28.8 Å². The molecule has 0 aliphatic carbocycles. The van der Waals surface area contributed by atoms with Crippen LogP contribution in [-0.2, 0) is 0 Å². The van der Waals surface area contributed by atoms with Crippen LogP contribution >= 0.6 is 11.6 Å². The van der Waals surface area contributed by atoms with E-state index in [0.717, 1.165) is 0 Å². The molecule has 0 saturated heterocycles. The van der Waals surface area contributed by atoms with Crippen molar-refractivity contribution in [3.05, 3.63) is 22.7 Å². The fourth-order valence-corrected chi connectivity index (χ4v) is 2.00. The second-order valence-corrected chi connectivity index (χ2v) is 4.45. The molecule has 2 aromatic rings. The highest BCUT2D eigenvalue weighted by Gasteiger charge is 2.17. The van der Waals surface area contributed by atoms with E-state index < -0.39 is 0 Å². The highest BCUT2D eigenvalue weighted by Crippen LogP contribution is 2.39. The molecule has 8 heteroatoms. The van der Waals surface area contributed by atoms with Gasteiger partial charge in [-0.25, -0.2) is 4.98 Å². The number of phenols is 1. The Labute approximate surface area is 125 Å². The van der Waals surface area contributed by atoms with Crippen LogP contribution < -0.4 is 16.2 Å². The maximum absolute atomic E-state index is 9.83. The quantitative estimate of drug-likeness (QED) is 0.789. The summed E-state index contributed by atoms with van der Waals surface area (Å²) in [6.45, 7) is 2.11. The zero-order chi connectivity index (χ0) is 15.6. The van der Waals surface area contributed by atoms with Gasteiger partial charge in [-0.3, -0.25) is 0 Å². The zero-order valence-electron chi connectivity index (χ0n) is 11.1. The van der Waals surface area contributed by atoms with Crippen LogP contribution in [0.15, 0.2) is 12.1 Å². The highest BCUT2D eigenvalue weighted by molar-refractivity contribution is 6.32. The van der Waals surface area contributed by atoms with Gasteiger partial charge in [0.2, 0.25) is 5.95 Å². The molecule has 1 heterocycles. The second kappa shape index (κ2) is 5.73. The van der Waals surface area contributed by atoms with E-state index in [4.69, 9.17) is 27.8 Å². The molecule has 0 saturated carbocycles. The van der Waals surface area contributed by atoms with E-state index in [2.05, 4.69) is 9.97 Å². The topological polar surface area (TPSA) is 131 Å². The van der Waals surface area contributed by atoms with Gasteiger partial charge in [0.1, 0.15) is 17.5 Å². The lowest BCUT2D eigenvalue weighted by Gasteiger charge is -2.11. The van der Waals surface area contributed by atoms with Gasteiger partial charge < -0.3 is 21.3 Å². The molecule has 0 unspecified atom stereocenters. The molecule has 5 N–H and O–H groups in total. The molecule has 0 aliphatic heterocycles. The van der Waals surface area contributed by atoms with Gasteiger partial charge in [0.25, 0.3) is 0 Å². The third kappa shape index (κ3) is 2.75. The normalized spacial score (nSPS) is 10.1. The van der Waals surface area contributed by atoms with Gasteiger partial charge in [-0.2, -0.15) is 10.2 Å². The molecule has 0 aliphatic rings. The predicted molar refractivity (Wildman–Crippen MR) is 78.9 cm³/mol. The van der Waals surface area contributed by atoms with Crippen molar-refractivity contribution < 1.29 is 9.84 Å². The highest BCUT2D eigenvalue weighted by atomic mass is 35.5. The van der Waals surface area contributed by atoms with Gasteiger partial charge in [-0.15, -0.1) is 0 Å². The van der Waals surface area contributed by atoms with Gasteiger partial charge in [0, 0.05) is 5.56 Å². The van der Waals surface area contributed by atoms with E-state index in [1.165, 1.54) is 12.1 Å². The fourth-order valence-electron chi connectivity index (χ4n) is 1.79. The average molecular weight is 306 g/mol. The number of phenolic OH excluding ortho intramolecular Hbond substituents is 1. The van der Waals surface area contributed by atoms with Crippen LogP contribution in [0.5, 0.6) is 11.5 Å². The summed E-state index contributed by atoms with van der Waals surface area (Å²) in [5, 5.41) is 19.1. The van der Waals surface area contributed by atoms with E-state index in [1.807, 2.05) is 6.07 Å². The number of hydrogen-bond donors (Lipinski definition) is 3. The molecule has 108 valence electrons. The number of ether oxygens (including phenoxy) is 1. The van der Waals surface area contributed by atoms with E-state index in [1.54, 1.807) is 6.92 Å². The van der Waals surface area contributed by atoms with Crippen molar-refractivity contribution in [2.75, 3.05) is 18.1 Å². The molecule has 1 aromatic carbocycles. The lowest BCUT2D eigenvalue weighted by atomic mass is 10.1. The molecule has 0 spiro atoms. The smallest absolute Gasteiger partial charge is 0.222 e. The molecule has 0 atom stereocenters. The largest absolute Gasteiger partial charge is 0.503 e. The SMILES string of the molecule is CCOc1cc(-c2nc(N)nc(N)c2C#N)cc(Cl)c1O. The summed E-state index contributed by atoms with van der Waals surface area (Å²) >= 11 is 5.96. The van der Waals surface area contributed by atoms with E-state index in [0.29, 0.717) is 12.2 Å². The first kappa shape index (κ1) is 14.7. The summed E-state index contributed by atoms with van der Waals surface area (Å²) in [6.07, 6.45) is 0. The first-order valence-electron chi connectivity index (χ1n) is 5.96. The Morgan fingerprint density at radius 1 is 1.38 bits per heavy atom. The first-order valence-corrected chi connectivity index (χ1v) is 6.34. The van der Waals surface area contributed by atoms with Crippen molar-refractivity contribution in [1.82, 2.24) is 9.97 Å². The van der Waals surface area contributed by atoms with Gasteiger partial charge in [0.05, 0.1) is 17.3 Å². The molecule has 0 radical (unpaired) electrons. The summed E-state index contributed by atoms with van der Waals surface area (Å²) in [5.41, 5.74) is 12.0. The molecular weight excluding hydrogens is 294 g/mol. The Balaban J connectivity index is 2.70. The van der Waals surface area contributed by atoms with Crippen molar-refractivity contribution in [2.45, 2.75) is 6.92 Å². The van der Waals surface area contributed by atoms with Crippen molar-refractivity contribution in [3.63, 3.8) is 0 Å². The van der Waals surface area contributed by atoms with Crippen LogP contribution in [0.1, 0.15) is 12.5 Å². The number of nitrogens with zero attached hydrogens (tertiary/aromatic N) is 3. The molecule has 0 fully saturated rings. The summed E-state index contributed by atoms with van der Waals surface area (Å²) in [4.78, 5) is 7.75. The number of nitriles is 1. The number of aromatic hydroxyl groups is 1. The van der Waals surface area contributed by atoms with Crippen LogP contribution in [0, 0.1) is 11.3 Å². The lowest BCUT2D eigenvalue weighted by Crippen LogP contribution is -2.05. The summed E-state index contributed by atoms with van der Waals surface area (Å²) < 4.78 is 5.29. The standard InChI is InChI=1S/C13H12ClN5O2/c1-2-21-9-4-6(3-8(14)11(9)20)10-7(5-15)12(16)19-13(17)18-10/h3-4,20H,2H2,1H3,(H4,16,17,18,19). The molecule has 1 aromatic heterocycles. The minimum atomic E-state index is -0.184. The van der Waals surface area contributed by atoms with Crippen molar-refractivity contribution in [2.24, 2.45) is 0 Å². The Kier molecular flexibility index (Phi) is 4.00. The third-order valence-corrected chi connectivity index (χ3v) is 2.96. The molecule has 7 nitrogen and oxygen atoms in total. The second-order valence-electron chi connectivity index (χ2n) is 4.04. The predicted octanol–water partition coefficient (Wildman–Crippen LogP) is 1.94. The number of aromatic nitrogens is 2. The first-order chi connectivity index (χ1) is 9.97. The Morgan fingerprint density at radius 2 is 2.10 bits per heavy atom. The average Bonchev–Trinajstić information content (AvgIpc) is 2.43. The number of halogens is 1. The Bertz CT molecular complexity index is 742. The van der Waals surface area contributed by atoms with Gasteiger partial charge >= 0.3 is 0 Å². The lowest BCUT2D eigenvalue weighted by molar-refractivity contribution is 0.318. The summed E-state index contributed by atoms with van der Waals surface area (Å²) in [5.74, 6) is -0.0961. The van der Waals surface area contributed by atoms with Crippen LogP contribution in [-0.4, -0.2) is 21.7 Å². The van der Waals surface area contributed by atoms with Gasteiger partial charge in [-0.05, 0) is 19.1 Å². The van der Waals surface area contributed by atoms with Crippen LogP contribution in [0.25, 0.3) is 11.3 Å². The number of benzene rings is 1. The van der Waals surface area contributed by atoms with Crippen LogP contribution in [0.2, 0.25) is 5.02 Å². The van der Waals surface area contributed by atoms with Crippen LogP contribution in [0.3, 0.4) is 0 Å². The van der Waals surface area contributed by atoms with Crippen molar-refractivity contribution >= 4 is 23.4 Å². The molecule has 2 rings (SSSR count). The molecule has 0 amide bonds. The monoisotopic (exact) mass is 305 g/mol. The third-order valence-electron chi connectivity index (χ3n) is 2.67. The van der Waals surface area contributed by atoms with Gasteiger partial charge in [-0.1, -0.05) is 11.6 Å². The summed E-state index contributed by atoms with van der Waals surface area (Å²) in [6, 6.07) is 4.88. The Morgan fingerprint density at radius 3 is 2.71 bits per heavy atom. The fraction of sp³-hybridized carbons (Fsp3) is 0.154. The maximum atomic E-state index is 9.83. The molecule has 0 bridgehead atoms. The van der Waals surface area contributed by atoms with Crippen molar-refractivity contribution in [1.29, 1.82) is 5.26 Å². The minimum Gasteiger partial charge on any atom is -0.503 e. The van der Waals surface area contributed by atoms with Gasteiger partial charge in [0.15, 0.2) is 11.5 Å². The van der Waals surface area contributed by atoms with E-state index >= 15 is 0 Å². The zero-order valence-corrected chi connectivity index (χ0v) is 11.8. The minimum absolute atomic E-state index is 0.0258.